The van der Waals surface area contributed by atoms with Gasteiger partial charge in [0.15, 0.2) is 0 Å². The van der Waals surface area contributed by atoms with E-state index >= 15 is 0 Å². The van der Waals surface area contributed by atoms with Gasteiger partial charge in [-0.15, -0.1) is 0 Å². The lowest BCUT2D eigenvalue weighted by Crippen LogP contribution is -2.44. The normalized spacial score (nSPS) is 21.3. The molecule has 0 amide bonds. The van der Waals surface area contributed by atoms with Gasteiger partial charge in [-0.3, -0.25) is 0 Å². The monoisotopic (exact) mass is 324 g/mol. The lowest BCUT2D eigenvalue weighted by Gasteiger charge is -2.53. The van der Waals surface area contributed by atoms with Crippen molar-refractivity contribution in [3.05, 3.63) is 59.7 Å². The Morgan fingerprint density at radius 3 is 1.25 bits per heavy atom. The highest BCUT2D eigenvalue weighted by Gasteiger charge is 2.49. The molecule has 0 atom stereocenters. The number of aromatic hydroxyl groups is 2. The van der Waals surface area contributed by atoms with Crippen molar-refractivity contribution in [3.8, 4) is 11.5 Å². The van der Waals surface area contributed by atoms with E-state index in [9.17, 15) is 10.2 Å². The van der Waals surface area contributed by atoms with E-state index in [2.05, 4.69) is 52.0 Å². The van der Waals surface area contributed by atoms with Gasteiger partial charge in [-0.2, -0.15) is 0 Å². The first kappa shape index (κ1) is 16.9. The summed E-state index contributed by atoms with van der Waals surface area (Å²) in [7, 11) is 0. The molecule has 2 nitrogen and oxygen atoms in total. The summed E-state index contributed by atoms with van der Waals surface area (Å²) in [6.07, 6.45) is 3.30. The van der Waals surface area contributed by atoms with Crippen molar-refractivity contribution in [2.24, 2.45) is 10.8 Å². The van der Waals surface area contributed by atoms with Crippen LogP contribution in [0.2, 0.25) is 0 Å². The summed E-state index contributed by atoms with van der Waals surface area (Å²) >= 11 is 0. The molecule has 1 aliphatic rings. The second kappa shape index (κ2) is 5.54. The summed E-state index contributed by atoms with van der Waals surface area (Å²) in [6, 6.07) is 15.4. The zero-order valence-electron chi connectivity index (χ0n) is 15.1. The first-order valence-electron chi connectivity index (χ1n) is 8.71. The van der Waals surface area contributed by atoms with Gasteiger partial charge < -0.3 is 10.2 Å². The standard InChI is InChI=1S/C22H28O2/c1-20(2)13-21(3,4)15-22(14-20,16-5-9-18(23)10-6-16)17-7-11-19(24)12-8-17/h5-12,23-24H,13-15H2,1-4H3. The van der Waals surface area contributed by atoms with Gasteiger partial charge in [0.05, 0.1) is 0 Å². The van der Waals surface area contributed by atoms with E-state index in [1.54, 1.807) is 24.3 Å². The highest BCUT2D eigenvalue weighted by molar-refractivity contribution is 5.44. The smallest absolute Gasteiger partial charge is 0.115 e. The van der Waals surface area contributed by atoms with Crippen LogP contribution in [-0.4, -0.2) is 10.2 Å². The van der Waals surface area contributed by atoms with Gasteiger partial charge in [0.25, 0.3) is 0 Å². The average Bonchev–Trinajstić information content (AvgIpc) is 2.45. The van der Waals surface area contributed by atoms with Crippen molar-refractivity contribution >= 4 is 0 Å². The zero-order valence-corrected chi connectivity index (χ0v) is 15.1. The zero-order chi connectivity index (χ0) is 17.6. The number of benzene rings is 2. The maximum atomic E-state index is 9.72. The summed E-state index contributed by atoms with van der Waals surface area (Å²) in [5.74, 6) is 0.600. The molecule has 0 saturated heterocycles. The Labute approximate surface area is 145 Å². The minimum Gasteiger partial charge on any atom is -0.508 e. The Morgan fingerprint density at radius 2 is 0.917 bits per heavy atom. The second-order valence-corrected chi connectivity index (χ2v) is 9.03. The van der Waals surface area contributed by atoms with Gasteiger partial charge in [-0.05, 0) is 65.5 Å². The predicted molar refractivity (Wildman–Crippen MR) is 98.4 cm³/mol. The molecule has 0 radical (unpaired) electrons. The molecule has 128 valence electrons. The summed E-state index contributed by atoms with van der Waals surface area (Å²) < 4.78 is 0. The number of rotatable bonds is 2. The highest BCUT2D eigenvalue weighted by atomic mass is 16.3. The van der Waals surface area contributed by atoms with E-state index in [1.165, 1.54) is 17.5 Å². The van der Waals surface area contributed by atoms with Crippen molar-refractivity contribution < 1.29 is 10.2 Å². The summed E-state index contributed by atoms with van der Waals surface area (Å²) in [6.45, 7) is 9.40. The van der Waals surface area contributed by atoms with Gasteiger partial charge in [0, 0.05) is 5.41 Å². The molecule has 3 rings (SSSR count). The number of hydrogen-bond acceptors (Lipinski definition) is 2. The summed E-state index contributed by atoms with van der Waals surface area (Å²) in [5, 5.41) is 19.4. The van der Waals surface area contributed by atoms with Crippen LogP contribution in [-0.2, 0) is 5.41 Å². The molecule has 24 heavy (non-hydrogen) atoms. The average molecular weight is 324 g/mol. The van der Waals surface area contributed by atoms with Crippen molar-refractivity contribution in [3.63, 3.8) is 0 Å². The fourth-order valence-electron chi connectivity index (χ4n) is 5.25. The third kappa shape index (κ3) is 3.15. The number of hydrogen-bond donors (Lipinski definition) is 2. The molecular weight excluding hydrogens is 296 g/mol. The summed E-state index contributed by atoms with van der Waals surface area (Å²) in [5.41, 5.74) is 2.82. The minimum absolute atomic E-state index is 0.105. The second-order valence-electron chi connectivity index (χ2n) is 9.03. The molecule has 0 heterocycles. The van der Waals surface area contributed by atoms with Gasteiger partial charge in [-0.1, -0.05) is 52.0 Å². The predicted octanol–water partition coefficient (Wildman–Crippen LogP) is 5.62. The molecule has 0 bridgehead atoms. The molecule has 2 N–H and O–H groups in total. The van der Waals surface area contributed by atoms with Gasteiger partial charge in [-0.25, -0.2) is 0 Å². The molecule has 2 heteroatoms. The molecule has 1 saturated carbocycles. The van der Waals surface area contributed by atoms with E-state index in [1.807, 2.05) is 0 Å². The SMILES string of the molecule is CC1(C)CC(C)(C)CC(c2ccc(O)cc2)(c2ccc(O)cc2)C1. The molecule has 1 aliphatic carbocycles. The van der Waals surface area contributed by atoms with Crippen LogP contribution in [0.4, 0.5) is 0 Å². The largest absolute Gasteiger partial charge is 0.508 e. The van der Waals surface area contributed by atoms with Crippen LogP contribution in [0.5, 0.6) is 11.5 Å². The third-order valence-corrected chi connectivity index (χ3v) is 5.36. The number of phenols is 2. The van der Waals surface area contributed by atoms with Crippen molar-refractivity contribution in [2.45, 2.75) is 52.4 Å². The van der Waals surface area contributed by atoms with Gasteiger partial charge in [0.2, 0.25) is 0 Å². The van der Waals surface area contributed by atoms with Crippen LogP contribution in [0.1, 0.15) is 58.1 Å². The fraction of sp³-hybridized carbons (Fsp3) is 0.455. The van der Waals surface area contributed by atoms with Gasteiger partial charge in [0.1, 0.15) is 11.5 Å². The molecule has 0 spiro atoms. The fourth-order valence-corrected chi connectivity index (χ4v) is 5.25. The van der Waals surface area contributed by atoms with Crippen LogP contribution in [0.25, 0.3) is 0 Å². The molecule has 2 aromatic carbocycles. The quantitative estimate of drug-likeness (QED) is 0.752. The lowest BCUT2D eigenvalue weighted by molar-refractivity contribution is 0.0626. The van der Waals surface area contributed by atoms with Gasteiger partial charge >= 0.3 is 0 Å². The van der Waals surface area contributed by atoms with Crippen LogP contribution >= 0.6 is 0 Å². The molecule has 2 aromatic rings. The van der Waals surface area contributed by atoms with Crippen LogP contribution in [0.3, 0.4) is 0 Å². The molecule has 0 aromatic heterocycles. The molecule has 0 aliphatic heterocycles. The van der Waals surface area contributed by atoms with E-state index in [4.69, 9.17) is 0 Å². The number of phenolic OH excluding ortho intramolecular Hbond substituents is 2. The summed E-state index contributed by atoms with van der Waals surface area (Å²) in [4.78, 5) is 0. The van der Waals surface area contributed by atoms with E-state index in [0.29, 0.717) is 11.5 Å². The van der Waals surface area contributed by atoms with Crippen molar-refractivity contribution in [1.82, 2.24) is 0 Å². The van der Waals surface area contributed by atoms with Crippen molar-refractivity contribution in [1.29, 1.82) is 0 Å². The van der Waals surface area contributed by atoms with Crippen molar-refractivity contribution in [2.75, 3.05) is 0 Å². The first-order valence-corrected chi connectivity index (χ1v) is 8.71. The van der Waals surface area contributed by atoms with E-state index < -0.39 is 0 Å². The molecular formula is C22H28O2. The molecule has 1 fully saturated rings. The van der Waals surface area contributed by atoms with E-state index in [-0.39, 0.29) is 16.2 Å². The maximum Gasteiger partial charge on any atom is 0.115 e. The highest BCUT2D eigenvalue weighted by Crippen LogP contribution is 2.57. The van der Waals surface area contributed by atoms with E-state index in [0.717, 1.165) is 12.8 Å². The minimum atomic E-state index is -0.105. The Hall–Kier alpha value is -1.96. The topological polar surface area (TPSA) is 40.5 Å². The molecule has 0 unspecified atom stereocenters. The van der Waals surface area contributed by atoms with Crippen LogP contribution in [0, 0.1) is 10.8 Å². The Balaban J connectivity index is 2.20. The Kier molecular flexibility index (Phi) is 3.90. The Morgan fingerprint density at radius 1 is 0.583 bits per heavy atom. The lowest BCUT2D eigenvalue weighted by atomic mass is 9.51. The van der Waals surface area contributed by atoms with Crippen LogP contribution in [0.15, 0.2) is 48.5 Å². The van der Waals surface area contributed by atoms with Crippen LogP contribution < -0.4 is 0 Å². The first-order chi connectivity index (χ1) is 11.1. The maximum absolute atomic E-state index is 9.72. The Bertz CT molecular complexity index is 645. The third-order valence-electron chi connectivity index (χ3n) is 5.36.